The highest BCUT2D eigenvalue weighted by Gasteiger charge is 2.22. The first kappa shape index (κ1) is 20.2. The lowest BCUT2D eigenvalue weighted by Gasteiger charge is -2.32. The number of hydrogen-bond acceptors (Lipinski definition) is 4. The second-order valence-corrected chi connectivity index (χ2v) is 7.31. The maximum atomic E-state index is 12.5. The number of rotatable bonds is 8. The largest absolute Gasteiger partial charge is 0.493 e. The van der Waals surface area contributed by atoms with Gasteiger partial charge >= 0.3 is 0 Å². The second-order valence-electron chi connectivity index (χ2n) is 7.31. The van der Waals surface area contributed by atoms with Crippen LogP contribution in [0.5, 0.6) is 11.5 Å². The van der Waals surface area contributed by atoms with Gasteiger partial charge in [-0.1, -0.05) is 36.4 Å². The summed E-state index contributed by atoms with van der Waals surface area (Å²) in [6.07, 6.45) is 3.27. The van der Waals surface area contributed by atoms with Gasteiger partial charge in [-0.15, -0.1) is 0 Å². The molecule has 1 aliphatic rings. The van der Waals surface area contributed by atoms with E-state index in [0.717, 1.165) is 37.9 Å². The van der Waals surface area contributed by atoms with Gasteiger partial charge in [-0.25, -0.2) is 0 Å². The molecule has 0 bridgehead atoms. The van der Waals surface area contributed by atoms with Gasteiger partial charge in [0.05, 0.1) is 20.8 Å². The van der Waals surface area contributed by atoms with E-state index in [4.69, 9.17) is 9.47 Å². The van der Waals surface area contributed by atoms with E-state index in [1.807, 2.05) is 23.1 Å². The summed E-state index contributed by atoms with van der Waals surface area (Å²) in [7, 11) is 3.25. The molecule has 0 atom stereocenters. The molecule has 0 aromatic heterocycles. The number of hydrogen-bond donors (Lipinski definition) is 1. The molecule has 1 aliphatic heterocycles. The van der Waals surface area contributed by atoms with E-state index in [0.29, 0.717) is 30.5 Å². The Morgan fingerprint density at radius 3 is 2.39 bits per heavy atom. The number of nitrogens with one attached hydrogen (secondary N) is 1. The van der Waals surface area contributed by atoms with E-state index >= 15 is 0 Å². The number of carbonyl (C=O) groups excluding carboxylic acids is 1. The molecule has 1 heterocycles. The van der Waals surface area contributed by atoms with E-state index in [2.05, 4.69) is 35.6 Å². The fourth-order valence-electron chi connectivity index (χ4n) is 3.75. The van der Waals surface area contributed by atoms with E-state index < -0.39 is 0 Å². The van der Waals surface area contributed by atoms with Crippen LogP contribution in [0.3, 0.4) is 0 Å². The van der Waals surface area contributed by atoms with Crippen molar-refractivity contribution in [2.75, 3.05) is 33.9 Å². The Morgan fingerprint density at radius 2 is 1.71 bits per heavy atom. The van der Waals surface area contributed by atoms with Gasteiger partial charge in [0.2, 0.25) is 5.91 Å². The van der Waals surface area contributed by atoms with Crippen molar-refractivity contribution < 1.29 is 14.3 Å². The maximum Gasteiger partial charge on any atom is 0.236 e. The van der Waals surface area contributed by atoms with Crippen LogP contribution in [0.15, 0.2) is 48.5 Å². The zero-order chi connectivity index (χ0) is 19.8. The lowest BCUT2D eigenvalue weighted by Crippen LogP contribution is -2.43. The third kappa shape index (κ3) is 5.49. The lowest BCUT2D eigenvalue weighted by atomic mass is 9.90. The van der Waals surface area contributed by atoms with E-state index in [9.17, 15) is 4.79 Å². The fraction of sp³-hybridized carbons (Fsp3) is 0.435. The topological polar surface area (TPSA) is 50.8 Å². The monoisotopic (exact) mass is 382 g/mol. The van der Waals surface area contributed by atoms with E-state index in [-0.39, 0.29) is 5.91 Å². The summed E-state index contributed by atoms with van der Waals surface area (Å²) in [6.45, 7) is 2.69. The van der Waals surface area contributed by atoms with Gasteiger partial charge < -0.3 is 19.7 Å². The Morgan fingerprint density at radius 1 is 1.00 bits per heavy atom. The second kappa shape index (κ2) is 10.1. The predicted octanol–water partition coefficient (Wildman–Crippen LogP) is 3.27. The summed E-state index contributed by atoms with van der Waals surface area (Å²) in [5.74, 6) is 2.26. The molecule has 5 nitrogen and oxygen atoms in total. The molecule has 0 spiro atoms. The van der Waals surface area contributed by atoms with E-state index in [1.165, 1.54) is 5.56 Å². The summed E-state index contributed by atoms with van der Waals surface area (Å²) >= 11 is 0. The molecule has 1 N–H and O–H groups in total. The number of ether oxygens (including phenoxy) is 2. The molecule has 5 heteroatoms. The van der Waals surface area contributed by atoms with Crippen molar-refractivity contribution in [1.82, 2.24) is 10.2 Å². The van der Waals surface area contributed by atoms with Gasteiger partial charge in [0.25, 0.3) is 0 Å². The van der Waals surface area contributed by atoms with E-state index in [1.54, 1.807) is 14.2 Å². The van der Waals surface area contributed by atoms with Crippen LogP contribution in [0.2, 0.25) is 0 Å². The van der Waals surface area contributed by atoms with Crippen LogP contribution in [-0.4, -0.2) is 44.7 Å². The van der Waals surface area contributed by atoms with Crippen LogP contribution in [0.25, 0.3) is 0 Å². The first-order valence-corrected chi connectivity index (χ1v) is 9.93. The highest BCUT2D eigenvalue weighted by atomic mass is 16.5. The average Bonchev–Trinajstić information content (AvgIpc) is 2.74. The Kier molecular flexibility index (Phi) is 7.31. The fourth-order valence-corrected chi connectivity index (χ4v) is 3.75. The van der Waals surface area contributed by atoms with Gasteiger partial charge in [-0.05, 0) is 48.4 Å². The lowest BCUT2D eigenvalue weighted by molar-refractivity contribution is -0.131. The molecular weight excluding hydrogens is 352 g/mol. The van der Waals surface area contributed by atoms with Crippen molar-refractivity contribution >= 4 is 5.91 Å². The van der Waals surface area contributed by atoms with Crippen LogP contribution in [0.4, 0.5) is 0 Å². The molecule has 28 heavy (non-hydrogen) atoms. The summed E-state index contributed by atoms with van der Waals surface area (Å²) < 4.78 is 10.6. The molecule has 2 aromatic carbocycles. The number of methoxy groups -OCH3 is 2. The van der Waals surface area contributed by atoms with Gasteiger partial charge in [0, 0.05) is 19.6 Å². The Labute approximate surface area is 167 Å². The Bertz CT molecular complexity index is 756. The zero-order valence-electron chi connectivity index (χ0n) is 16.8. The van der Waals surface area contributed by atoms with Crippen LogP contribution >= 0.6 is 0 Å². The number of likely N-dealkylation sites (tertiary alicyclic amines) is 1. The minimum atomic E-state index is 0.179. The highest BCUT2D eigenvalue weighted by molar-refractivity contribution is 5.78. The molecule has 150 valence electrons. The number of amides is 1. The first-order valence-electron chi connectivity index (χ1n) is 9.93. The van der Waals surface area contributed by atoms with Crippen molar-refractivity contribution in [3.63, 3.8) is 0 Å². The molecule has 1 saturated heterocycles. The van der Waals surface area contributed by atoms with Crippen molar-refractivity contribution in [3.05, 3.63) is 59.7 Å². The van der Waals surface area contributed by atoms with Crippen molar-refractivity contribution in [2.45, 2.75) is 25.8 Å². The molecule has 1 amide bonds. The number of piperidine rings is 1. The van der Waals surface area contributed by atoms with Crippen molar-refractivity contribution in [2.24, 2.45) is 5.92 Å². The Balaban J connectivity index is 1.40. The third-order valence-corrected chi connectivity index (χ3v) is 5.39. The predicted molar refractivity (Wildman–Crippen MR) is 111 cm³/mol. The minimum Gasteiger partial charge on any atom is -0.493 e. The number of benzene rings is 2. The number of carbonyl (C=O) groups is 1. The third-order valence-electron chi connectivity index (χ3n) is 5.39. The highest BCUT2D eigenvalue weighted by Crippen LogP contribution is 2.27. The molecular formula is C23H30N2O3. The molecule has 0 radical (unpaired) electrons. The van der Waals surface area contributed by atoms with Crippen LogP contribution < -0.4 is 14.8 Å². The van der Waals surface area contributed by atoms with Gasteiger partial charge in [-0.2, -0.15) is 0 Å². The summed E-state index contributed by atoms with van der Waals surface area (Å²) in [5.41, 5.74) is 2.45. The molecule has 0 saturated carbocycles. The number of nitrogens with zero attached hydrogens (tertiary/aromatic N) is 1. The normalized spacial score (nSPS) is 14.7. The maximum absolute atomic E-state index is 12.5. The minimum absolute atomic E-state index is 0.179. The molecule has 1 fully saturated rings. The van der Waals surface area contributed by atoms with Gasteiger partial charge in [-0.3, -0.25) is 4.79 Å². The molecule has 2 aromatic rings. The van der Waals surface area contributed by atoms with Gasteiger partial charge in [0.1, 0.15) is 0 Å². The summed E-state index contributed by atoms with van der Waals surface area (Å²) in [4.78, 5) is 14.5. The Hall–Kier alpha value is -2.53. The van der Waals surface area contributed by atoms with Crippen LogP contribution in [0, 0.1) is 5.92 Å². The average molecular weight is 383 g/mol. The molecule has 0 aliphatic carbocycles. The van der Waals surface area contributed by atoms with Gasteiger partial charge in [0.15, 0.2) is 11.5 Å². The molecule has 3 rings (SSSR count). The smallest absolute Gasteiger partial charge is 0.236 e. The standard InChI is InChI=1S/C23H30N2O3/c1-27-21-9-8-20(15-22(21)28-2)16-24-17-23(26)25-12-10-19(11-13-25)14-18-6-4-3-5-7-18/h3-9,15,19,24H,10-14,16-17H2,1-2H3. The first-order chi connectivity index (χ1) is 13.7. The molecule has 0 unspecified atom stereocenters. The van der Waals surface area contributed by atoms with Crippen LogP contribution in [0.1, 0.15) is 24.0 Å². The SMILES string of the molecule is COc1ccc(CNCC(=O)N2CCC(Cc3ccccc3)CC2)cc1OC. The zero-order valence-corrected chi connectivity index (χ0v) is 16.8. The van der Waals surface area contributed by atoms with Crippen LogP contribution in [-0.2, 0) is 17.8 Å². The summed E-state index contributed by atoms with van der Waals surface area (Å²) in [5, 5.41) is 3.25. The van der Waals surface area contributed by atoms with Crippen molar-refractivity contribution in [3.8, 4) is 11.5 Å². The summed E-state index contributed by atoms with van der Waals surface area (Å²) in [6, 6.07) is 16.4. The van der Waals surface area contributed by atoms with Crippen molar-refractivity contribution in [1.29, 1.82) is 0 Å². The quantitative estimate of drug-likeness (QED) is 0.761.